The summed E-state index contributed by atoms with van der Waals surface area (Å²) in [7, 11) is 0. The SMILES string of the molecule is CCC/C=C\C/C=C\CCCCCCCCOCC(CO)OC(=O)CCC. The highest BCUT2D eigenvalue weighted by Crippen LogP contribution is 2.08. The van der Waals surface area contributed by atoms with Crippen LogP contribution in [0.1, 0.15) is 90.9 Å². The van der Waals surface area contributed by atoms with E-state index in [4.69, 9.17) is 9.47 Å². The summed E-state index contributed by atoms with van der Waals surface area (Å²) in [6, 6.07) is 0. The van der Waals surface area contributed by atoms with Crippen molar-refractivity contribution < 1.29 is 19.4 Å². The third kappa shape index (κ3) is 19.4. The van der Waals surface area contributed by atoms with Crippen LogP contribution in [-0.4, -0.2) is 37.0 Å². The van der Waals surface area contributed by atoms with Gasteiger partial charge in [-0.2, -0.15) is 0 Å². The first-order valence-corrected chi connectivity index (χ1v) is 10.9. The van der Waals surface area contributed by atoms with Gasteiger partial charge in [0, 0.05) is 13.0 Å². The zero-order valence-corrected chi connectivity index (χ0v) is 17.7. The highest BCUT2D eigenvalue weighted by atomic mass is 16.6. The third-order valence-corrected chi connectivity index (χ3v) is 4.23. The monoisotopic (exact) mass is 382 g/mol. The molecule has 0 spiro atoms. The summed E-state index contributed by atoms with van der Waals surface area (Å²) in [5, 5.41) is 9.20. The number of aliphatic hydroxyl groups excluding tert-OH is 1. The molecule has 0 saturated carbocycles. The molecule has 0 aliphatic carbocycles. The van der Waals surface area contributed by atoms with Gasteiger partial charge in [-0.05, 0) is 38.5 Å². The number of unbranched alkanes of at least 4 members (excludes halogenated alkanes) is 7. The molecule has 0 aromatic carbocycles. The van der Waals surface area contributed by atoms with Gasteiger partial charge < -0.3 is 14.6 Å². The number of allylic oxidation sites excluding steroid dienone is 4. The first-order chi connectivity index (χ1) is 13.2. The fourth-order valence-electron chi connectivity index (χ4n) is 2.63. The Bertz CT molecular complexity index is 377. The molecular formula is C23H42O4. The molecule has 0 rings (SSSR count). The van der Waals surface area contributed by atoms with Crippen LogP contribution < -0.4 is 0 Å². The highest BCUT2D eigenvalue weighted by molar-refractivity contribution is 5.69. The molecule has 0 saturated heterocycles. The molecule has 0 aromatic heterocycles. The van der Waals surface area contributed by atoms with Crippen LogP contribution in [0, 0.1) is 0 Å². The van der Waals surface area contributed by atoms with Crippen LogP contribution in [0.4, 0.5) is 0 Å². The minimum atomic E-state index is -0.528. The Labute approximate surface area is 167 Å². The number of esters is 1. The standard InChI is InChI=1S/C23H42O4/c1-3-5-6-7-8-9-10-11-12-13-14-15-16-17-19-26-21-22(20-24)27-23(25)18-4-2/h6-7,9-10,22,24H,3-5,8,11-21H2,1-2H3/b7-6-,10-9-. The van der Waals surface area contributed by atoms with Gasteiger partial charge in [0.05, 0.1) is 13.2 Å². The molecule has 158 valence electrons. The Morgan fingerprint density at radius 2 is 1.56 bits per heavy atom. The summed E-state index contributed by atoms with van der Waals surface area (Å²) >= 11 is 0. The zero-order valence-electron chi connectivity index (χ0n) is 17.7. The van der Waals surface area contributed by atoms with Crippen LogP contribution >= 0.6 is 0 Å². The van der Waals surface area contributed by atoms with Crippen LogP contribution in [-0.2, 0) is 14.3 Å². The average Bonchev–Trinajstić information content (AvgIpc) is 2.66. The van der Waals surface area contributed by atoms with Crippen molar-refractivity contribution in [2.75, 3.05) is 19.8 Å². The Balaban J connectivity index is 3.37. The van der Waals surface area contributed by atoms with Crippen LogP contribution in [0.3, 0.4) is 0 Å². The normalized spacial score (nSPS) is 12.9. The lowest BCUT2D eigenvalue weighted by Gasteiger charge is -2.15. The number of hydrogen-bond acceptors (Lipinski definition) is 4. The lowest BCUT2D eigenvalue weighted by molar-refractivity contribution is -0.154. The average molecular weight is 383 g/mol. The van der Waals surface area contributed by atoms with Crippen LogP contribution in [0.2, 0.25) is 0 Å². The van der Waals surface area contributed by atoms with Crippen molar-refractivity contribution in [1.29, 1.82) is 0 Å². The van der Waals surface area contributed by atoms with Gasteiger partial charge in [0.2, 0.25) is 0 Å². The van der Waals surface area contributed by atoms with Crippen LogP contribution in [0.15, 0.2) is 24.3 Å². The smallest absolute Gasteiger partial charge is 0.306 e. The third-order valence-electron chi connectivity index (χ3n) is 4.23. The lowest BCUT2D eigenvalue weighted by atomic mass is 10.1. The first kappa shape index (κ1) is 25.9. The van der Waals surface area contributed by atoms with Gasteiger partial charge in [0.15, 0.2) is 0 Å². The summed E-state index contributed by atoms with van der Waals surface area (Å²) in [6.07, 6.45) is 21.6. The summed E-state index contributed by atoms with van der Waals surface area (Å²) in [6.45, 7) is 4.89. The van der Waals surface area contributed by atoms with E-state index in [9.17, 15) is 9.90 Å². The molecule has 0 bridgehead atoms. The topological polar surface area (TPSA) is 55.8 Å². The fraction of sp³-hybridized carbons (Fsp3) is 0.783. The molecule has 4 nitrogen and oxygen atoms in total. The zero-order chi connectivity index (χ0) is 20.0. The number of aliphatic hydroxyl groups is 1. The maximum absolute atomic E-state index is 11.4. The van der Waals surface area contributed by atoms with E-state index in [-0.39, 0.29) is 19.2 Å². The Hall–Kier alpha value is -1.13. The molecule has 0 heterocycles. The van der Waals surface area contributed by atoms with Crippen LogP contribution in [0.5, 0.6) is 0 Å². The predicted molar refractivity (Wildman–Crippen MR) is 113 cm³/mol. The summed E-state index contributed by atoms with van der Waals surface area (Å²) in [5.74, 6) is -0.261. The van der Waals surface area contributed by atoms with Crippen molar-refractivity contribution in [2.24, 2.45) is 0 Å². The number of rotatable bonds is 19. The van der Waals surface area contributed by atoms with Crippen molar-refractivity contribution in [3.8, 4) is 0 Å². The van der Waals surface area contributed by atoms with Crippen molar-refractivity contribution in [3.63, 3.8) is 0 Å². The van der Waals surface area contributed by atoms with E-state index in [0.29, 0.717) is 13.0 Å². The second kappa shape index (κ2) is 21.2. The second-order valence-electron chi connectivity index (χ2n) is 7.00. The van der Waals surface area contributed by atoms with E-state index in [1.807, 2.05) is 6.92 Å². The van der Waals surface area contributed by atoms with Gasteiger partial charge in [0.1, 0.15) is 6.10 Å². The Morgan fingerprint density at radius 1 is 0.889 bits per heavy atom. The van der Waals surface area contributed by atoms with E-state index < -0.39 is 6.10 Å². The largest absolute Gasteiger partial charge is 0.457 e. The Kier molecular flexibility index (Phi) is 20.3. The number of carbonyl (C=O) groups is 1. The van der Waals surface area contributed by atoms with E-state index in [2.05, 4.69) is 31.2 Å². The van der Waals surface area contributed by atoms with Crippen molar-refractivity contribution in [3.05, 3.63) is 24.3 Å². The van der Waals surface area contributed by atoms with E-state index in [0.717, 1.165) is 25.7 Å². The van der Waals surface area contributed by atoms with E-state index in [1.165, 1.54) is 44.9 Å². The summed E-state index contributed by atoms with van der Waals surface area (Å²) in [4.78, 5) is 11.4. The summed E-state index contributed by atoms with van der Waals surface area (Å²) in [5.41, 5.74) is 0. The van der Waals surface area contributed by atoms with Gasteiger partial charge in [-0.15, -0.1) is 0 Å². The second-order valence-corrected chi connectivity index (χ2v) is 7.00. The maximum atomic E-state index is 11.4. The van der Waals surface area contributed by atoms with Crippen molar-refractivity contribution in [2.45, 2.75) is 97.0 Å². The fourth-order valence-corrected chi connectivity index (χ4v) is 2.63. The molecule has 0 radical (unpaired) electrons. The summed E-state index contributed by atoms with van der Waals surface area (Å²) < 4.78 is 10.7. The van der Waals surface area contributed by atoms with Crippen LogP contribution in [0.25, 0.3) is 0 Å². The quantitative estimate of drug-likeness (QED) is 0.176. The van der Waals surface area contributed by atoms with Gasteiger partial charge in [-0.25, -0.2) is 0 Å². The first-order valence-electron chi connectivity index (χ1n) is 10.9. The molecular weight excluding hydrogens is 340 g/mol. The molecule has 1 unspecified atom stereocenters. The molecule has 0 amide bonds. The van der Waals surface area contributed by atoms with E-state index in [1.54, 1.807) is 0 Å². The minimum absolute atomic E-state index is 0.182. The van der Waals surface area contributed by atoms with Gasteiger partial charge in [-0.3, -0.25) is 4.79 Å². The molecule has 0 aliphatic rings. The maximum Gasteiger partial charge on any atom is 0.306 e. The Morgan fingerprint density at radius 3 is 2.22 bits per heavy atom. The van der Waals surface area contributed by atoms with E-state index >= 15 is 0 Å². The molecule has 0 aliphatic heterocycles. The lowest BCUT2D eigenvalue weighted by Crippen LogP contribution is -2.27. The predicted octanol–water partition coefficient (Wildman–Crippen LogP) is 5.74. The molecule has 1 atom stereocenters. The number of hydrogen-bond donors (Lipinski definition) is 1. The molecule has 0 aromatic rings. The van der Waals surface area contributed by atoms with Crippen molar-refractivity contribution >= 4 is 5.97 Å². The highest BCUT2D eigenvalue weighted by Gasteiger charge is 2.12. The van der Waals surface area contributed by atoms with Gasteiger partial charge >= 0.3 is 5.97 Å². The molecule has 27 heavy (non-hydrogen) atoms. The minimum Gasteiger partial charge on any atom is -0.457 e. The van der Waals surface area contributed by atoms with Crippen molar-refractivity contribution in [1.82, 2.24) is 0 Å². The molecule has 1 N–H and O–H groups in total. The van der Waals surface area contributed by atoms with Gasteiger partial charge in [0.25, 0.3) is 0 Å². The molecule has 4 heteroatoms. The number of ether oxygens (including phenoxy) is 2. The molecule has 0 fully saturated rings. The van der Waals surface area contributed by atoms with Gasteiger partial charge in [-0.1, -0.05) is 70.3 Å². The number of carbonyl (C=O) groups excluding carboxylic acids is 1.